The van der Waals surface area contributed by atoms with Crippen LogP contribution in [0.2, 0.25) is 0 Å². The monoisotopic (exact) mass is 1780 g/mol. The molecule has 12 atom stereocenters. The molecule has 0 saturated carbocycles. The zero-order valence-electron chi connectivity index (χ0n) is 61.4. The standard InChI is InChI=1S/C12H13F7O4.C11H13F5O5.C10H11F5O5.C10H13F3O4.C9H9F5O5.C9H11F3O5/c1-5(2)6(20)22-7-9(13,14)8(3,4)23-11(21,10(7,15)16)12(17,18)19;1-6(2)7(17)19-4-8(3)9(12,13)10(18,11(14,15)16)21-5-20-8;1-5(2)6(16)20-7(3)8(11,12)9(17,10(13,14)15)19-4-18-7;1-6(2)7(14)17-8(3)4-9(15,16-5-8)10(11,12)13;1-4(2)5(15)19-6-7(10,11)8(16,9(12,13)14)18-3-17-6;1-5(2)7(13)17-6-3-8(14,9(10,11)12)16-4-15-6/h7,21H,1H2,2-4H3;18H,1,4-5H2,2-3H3;17H,1,4H2,2-3H3;15H,1,4-5H2,2-3H3;6,16H,1,3H2,2H3;6,14H,1,3-4H2,2H3. The molecule has 0 aromatic rings. The van der Waals surface area contributed by atoms with Gasteiger partial charge >= 0.3 is 126 Å². The lowest BCUT2D eigenvalue weighted by Gasteiger charge is -2.53. The van der Waals surface area contributed by atoms with Crippen molar-refractivity contribution in [3.63, 3.8) is 0 Å². The Labute approximate surface area is 638 Å². The molecule has 0 aromatic carbocycles. The van der Waals surface area contributed by atoms with Crippen molar-refractivity contribution in [1.82, 2.24) is 0 Å². The molecule has 6 N–H and O–H groups in total. The van der Waals surface area contributed by atoms with Crippen LogP contribution in [0.5, 0.6) is 0 Å². The predicted molar refractivity (Wildman–Crippen MR) is 316 cm³/mol. The highest BCUT2D eigenvalue weighted by atomic mass is 19.4. The Bertz CT molecular complexity index is 3660. The van der Waals surface area contributed by atoms with Crippen LogP contribution < -0.4 is 0 Å². The third-order valence-electron chi connectivity index (χ3n) is 15.4. The van der Waals surface area contributed by atoms with Crippen molar-refractivity contribution in [3.05, 3.63) is 72.9 Å². The molecule has 6 heterocycles. The second kappa shape index (κ2) is 35.8. The lowest BCUT2D eigenvalue weighted by Crippen LogP contribution is -2.79. The molecule has 6 saturated heterocycles. The van der Waals surface area contributed by atoms with Gasteiger partial charge in [-0.15, -0.1) is 0 Å². The number of esters is 6. The zero-order valence-corrected chi connectivity index (χ0v) is 61.4. The molecule has 0 bridgehead atoms. The molecular weight excluding hydrogens is 1710 g/mol. The fourth-order valence-electron chi connectivity index (χ4n) is 8.27. The summed E-state index contributed by atoms with van der Waals surface area (Å²) in [4.78, 5) is 67.0. The molecule has 56 heteroatoms. The van der Waals surface area contributed by atoms with Crippen LogP contribution in [0.25, 0.3) is 0 Å². The van der Waals surface area contributed by atoms with Gasteiger partial charge in [0.15, 0.2) is 32.8 Å². The van der Waals surface area contributed by atoms with Crippen molar-refractivity contribution in [3.8, 4) is 0 Å². The third kappa shape index (κ3) is 22.6. The van der Waals surface area contributed by atoms with Crippen LogP contribution in [0.15, 0.2) is 72.9 Å². The van der Waals surface area contributed by atoms with E-state index in [0.717, 1.165) is 20.8 Å². The summed E-state index contributed by atoms with van der Waals surface area (Å²) in [6.45, 7) is 22.3. The number of hydrogen-bond acceptors (Lipinski definition) is 28. The first kappa shape index (κ1) is 108. The van der Waals surface area contributed by atoms with Gasteiger partial charge in [-0.05, 0) is 69.2 Å². The van der Waals surface area contributed by atoms with E-state index in [-0.39, 0.29) is 27.9 Å². The van der Waals surface area contributed by atoms with Gasteiger partial charge in [-0.3, -0.25) is 0 Å². The van der Waals surface area contributed by atoms with Crippen molar-refractivity contribution < 1.29 is 258 Å². The maximum atomic E-state index is 14.1. The number of aliphatic hydroxyl groups is 6. The molecule has 6 aliphatic rings. The Morgan fingerprint density at radius 3 is 1.15 bits per heavy atom. The lowest BCUT2D eigenvalue weighted by molar-refractivity contribution is -0.525. The molecule has 678 valence electrons. The lowest BCUT2D eigenvalue weighted by atomic mass is 9.83. The molecule has 117 heavy (non-hydrogen) atoms. The highest BCUT2D eigenvalue weighted by Gasteiger charge is 2.87. The van der Waals surface area contributed by atoms with Gasteiger partial charge in [0.2, 0.25) is 12.4 Å². The quantitative estimate of drug-likeness (QED) is 0.0432. The number of hydrogen-bond donors (Lipinski definition) is 6. The van der Waals surface area contributed by atoms with E-state index < -0.39 is 237 Å². The van der Waals surface area contributed by atoms with Crippen LogP contribution in [0, 0.1) is 0 Å². The Balaban J connectivity index is 0.000000704. The summed E-state index contributed by atoms with van der Waals surface area (Å²) < 4.78 is 431. The Kier molecular flexibility index (Phi) is 32.9. The fraction of sp³-hybridized carbons (Fsp3) is 0.705. The highest BCUT2D eigenvalue weighted by Crippen LogP contribution is 2.59. The first-order valence-electron chi connectivity index (χ1n) is 30.8. The smallest absolute Gasteiger partial charge is 0.450 e. The van der Waals surface area contributed by atoms with E-state index in [0.29, 0.717) is 27.7 Å². The number of halogens is 28. The summed E-state index contributed by atoms with van der Waals surface area (Å²) in [5.41, 5.74) is -9.00. The summed E-state index contributed by atoms with van der Waals surface area (Å²) in [5.74, 6) is -62.6. The molecule has 0 radical (unpaired) electrons. The Morgan fingerprint density at radius 1 is 0.385 bits per heavy atom. The molecule has 12 unspecified atom stereocenters. The first-order chi connectivity index (χ1) is 51.6. The van der Waals surface area contributed by atoms with Gasteiger partial charge in [-0.2, -0.15) is 123 Å². The van der Waals surface area contributed by atoms with Gasteiger partial charge in [-0.25, -0.2) is 28.8 Å². The Hall–Kier alpha value is -7.34. The van der Waals surface area contributed by atoms with E-state index in [1.165, 1.54) is 27.7 Å². The largest absolute Gasteiger partial charge is 0.459 e. The predicted octanol–water partition coefficient (Wildman–Crippen LogP) is 10.2. The van der Waals surface area contributed by atoms with E-state index in [1.807, 2.05) is 0 Å². The molecule has 0 aromatic heterocycles. The van der Waals surface area contributed by atoms with Crippen molar-refractivity contribution in [2.24, 2.45) is 0 Å². The molecule has 0 amide bonds. The summed E-state index contributed by atoms with van der Waals surface area (Å²) in [6, 6.07) is 0. The molecule has 0 aliphatic carbocycles. The van der Waals surface area contributed by atoms with Crippen molar-refractivity contribution in [2.45, 2.75) is 232 Å². The fourth-order valence-corrected chi connectivity index (χ4v) is 8.27. The topological polar surface area (TPSA) is 371 Å². The summed E-state index contributed by atoms with van der Waals surface area (Å²) in [5, 5.41) is 55.0. The maximum absolute atomic E-state index is 14.1. The van der Waals surface area contributed by atoms with Crippen LogP contribution in [0.4, 0.5) is 123 Å². The second-order valence-electron chi connectivity index (χ2n) is 26.1. The molecule has 6 rings (SSSR count). The van der Waals surface area contributed by atoms with Crippen molar-refractivity contribution in [1.29, 1.82) is 0 Å². The van der Waals surface area contributed by atoms with Gasteiger partial charge in [-0.1, -0.05) is 39.5 Å². The van der Waals surface area contributed by atoms with Gasteiger partial charge < -0.3 is 106 Å². The van der Waals surface area contributed by atoms with E-state index in [2.05, 4.69) is 111 Å². The van der Waals surface area contributed by atoms with Crippen LogP contribution in [-0.4, -0.2) is 250 Å². The minimum absolute atomic E-state index is 0.00985. The molecular formula is C61H70F28O28. The van der Waals surface area contributed by atoms with Crippen molar-refractivity contribution in [2.75, 3.05) is 40.4 Å². The SMILES string of the molecule is C=C(C)C(=O)OC1(C)COC(O)(C(F)(F)F)C1.C=C(C)C(=O)OC1(C)OCOC(O)(C(F)(F)F)C1(F)F.C=C(C)C(=O)OC1C(F)(F)C(C)(C)OC(O)(C(F)(F)F)C1(F)F.C=C(C)C(=O)OC1CC(O)(C(F)(F)F)OCO1.C=C(C)C(=O)OC1OCOC(O)(C(F)(F)F)C1(F)F.C=C(C)C(=O)OCC1(C)OCOC(O)(C(F)(F)F)C1(F)F. The number of alkyl halides is 28. The van der Waals surface area contributed by atoms with Gasteiger partial charge in [0.25, 0.3) is 23.7 Å². The minimum Gasteiger partial charge on any atom is -0.459 e. The van der Waals surface area contributed by atoms with Gasteiger partial charge in [0.05, 0.1) is 19.4 Å². The van der Waals surface area contributed by atoms with E-state index in [4.69, 9.17) is 14.9 Å². The highest BCUT2D eigenvalue weighted by molar-refractivity contribution is 5.89. The number of rotatable bonds is 13. The normalized spacial score (nSPS) is 32.1. The maximum Gasteiger partial charge on any atom is 0.450 e. The average molecular weight is 1780 g/mol. The van der Waals surface area contributed by atoms with Crippen LogP contribution in [-0.2, 0) is 105 Å². The second-order valence-corrected chi connectivity index (χ2v) is 26.1. The average Bonchev–Trinajstić information content (AvgIpc) is 1.09. The van der Waals surface area contributed by atoms with E-state index in [9.17, 15) is 172 Å². The van der Waals surface area contributed by atoms with Gasteiger partial charge in [0.1, 0.15) is 17.8 Å². The van der Waals surface area contributed by atoms with Crippen molar-refractivity contribution >= 4 is 35.8 Å². The first-order valence-corrected chi connectivity index (χ1v) is 30.8. The molecule has 6 fully saturated rings. The van der Waals surface area contributed by atoms with Crippen LogP contribution in [0.3, 0.4) is 0 Å². The molecule has 28 nitrogen and oxygen atoms in total. The summed E-state index contributed by atoms with van der Waals surface area (Å²) in [6.07, 6.45) is -43.8. The minimum atomic E-state index is -6.14. The number of carbonyl (C=O) groups is 6. The summed E-state index contributed by atoms with van der Waals surface area (Å²) >= 11 is 0. The number of carbonyl (C=O) groups excluding carboxylic acids is 6. The third-order valence-corrected chi connectivity index (χ3v) is 15.4. The molecule has 0 spiro atoms. The zero-order chi connectivity index (χ0) is 93.1. The number of ether oxygens (including phenoxy) is 16. The van der Waals surface area contributed by atoms with Crippen LogP contribution >= 0.6 is 0 Å². The van der Waals surface area contributed by atoms with Crippen LogP contribution in [0.1, 0.15) is 89.0 Å². The molecule has 6 aliphatic heterocycles. The Morgan fingerprint density at radius 2 is 0.752 bits per heavy atom. The summed E-state index contributed by atoms with van der Waals surface area (Å²) in [7, 11) is 0. The van der Waals surface area contributed by atoms with E-state index in [1.54, 1.807) is 0 Å². The van der Waals surface area contributed by atoms with Gasteiger partial charge in [0, 0.05) is 40.4 Å². The van der Waals surface area contributed by atoms with E-state index >= 15 is 0 Å².